The number of hydrogen-bond donors (Lipinski definition) is 0. The summed E-state index contributed by atoms with van der Waals surface area (Å²) in [6.07, 6.45) is 17.1. The Bertz CT molecular complexity index is 4760. The second-order valence-corrected chi connectivity index (χ2v) is 21.4. The number of allylic oxidation sites excluding steroid dienone is 6. The first-order chi connectivity index (χ1) is 39.7. The van der Waals surface area contributed by atoms with E-state index in [9.17, 15) is 0 Å². The van der Waals surface area contributed by atoms with Crippen LogP contribution in [0.15, 0.2) is 294 Å². The zero-order valence-electron chi connectivity index (χ0n) is 43.8. The number of rotatable bonds is 10. The van der Waals surface area contributed by atoms with Gasteiger partial charge in [0.2, 0.25) is 0 Å². The van der Waals surface area contributed by atoms with Gasteiger partial charge in [0.1, 0.15) is 11.2 Å². The molecule has 0 spiro atoms. The minimum Gasteiger partial charge on any atom is -0.454 e. The molecule has 80 heavy (non-hydrogen) atoms. The molecule has 0 bridgehead atoms. The van der Waals surface area contributed by atoms with Gasteiger partial charge in [-0.05, 0) is 133 Å². The van der Waals surface area contributed by atoms with Crippen molar-refractivity contribution in [2.45, 2.75) is 24.3 Å². The van der Waals surface area contributed by atoms with E-state index >= 15 is 0 Å². The van der Waals surface area contributed by atoms with Gasteiger partial charge >= 0.3 is 0 Å². The maximum Gasteiger partial charge on any atom is 0.159 e. The van der Waals surface area contributed by atoms with Crippen LogP contribution < -0.4 is 9.80 Å². The first kappa shape index (κ1) is 46.0. The third-order valence-electron chi connectivity index (χ3n) is 16.9. The highest BCUT2D eigenvalue weighted by atomic mass is 16.3. The van der Waals surface area contributed by atoms with Crippen LogP contribution in [0.1, 0.15) is 34.9 Å². The van der Waals surface area contributed by atoms with Gasteiger partial charge < -0.3 is 18.6 Å². The lowest BCUT2D eigenvalue weighted by Crippen LogP contribution is -2.35. The fraction of sp³-hybridized carbons (Fsp3) is 0.0526. The highest BCUT2D eigenvalue weighted by molar-refractivity contribution is 6.25. The van der Waals surface area contributed by atoms with E-state index in [4.69, 9.17) is 8.83 Å². The Morgan fingerprint density at radius 1 is 0.400 bits per heavy atom. The van der Waals surface area contributed by atoms with Crippen molar-refractivity contribution in [3.63, 3.8) is 0 Å². The molecule has 0 saturated carbocycles. The number of para-hydroxylation sites is 4. The Labute approximate surface area is 463 Å². The fourth-order valence-electron chi connectivity index (χ4n) is 13.2. The lowest BCUT2D eigenvalue weighted by Gasteiger charge is -2.38. The van der Waals surface area contributed by atoms with Crippen LogP contribution >= 0.6 is 0 Å². The van der Waals surface area contributed by atoms with Gasteiger partial charge in [-0.3, -0.25) is 0 Å². The number of furan rings is 2. The second kappa shape index (κ2) is 18.8. The van der Waals surface area contributed by atoms with Crippen LogP contribution in [0.4, 0.5) is 28.4 Å². The number of benzene rings is 12. The van der Waals surface area contributed by atoms with Crippen LogP contribution in [0.5, 0.6) is 0 Å². The SMILES string of the molecule is C1=CCC(c2cc(-c3ccccc3)ccc2N(c2cc3ccc4cc(N(c5cccc6c5oc5ccccc56)C5C=CC(c6ccccc6)=CC5c5ccccc5)cc5ccc(c2)c3c45)c2cccc3c2oc2ccccc23)C=C1. The van der Waals surface area contributed by atoms with Crippen LogP contribution in [0.3, 0.4) is 0 Å². The second-order valence-electron chi connectivity index (χ2n) is 21.4. The number of hydrogen-bond acceptors (Lipinski definition) is 4. The molecule has 12 aromatic carbocycles. The van der Waals surface area contributed by atoms with Gasteiger partial charge in [-0.1, -0.05) is 225 Å². The Kier molecular flexibility index (Phi) is 10.8. The fourth-order valence-corrected chi connectivity index (χ4v) is 13.2. The molecule has 0 radical (unpaired) electrons. The van der Waals surface area contributed by atoms with Crippen molar-refractivity contribution >= 4 is 110 Å². The summed E-state index contributed by atoms with van der Waals surface area (Å²) in [5.74, 6) is 0.178. The number of anilines is 5. The van der Waals surface area contributed by atoms with Gasteiger partial charge in [0.05, 0.1) is 23.1 Å². The van der Waals surface area contributed by atoms with Gasteiger partial charge in [-0.2, -0.15) is 0 Å². The van der Waals surface area contributed by atoms with Crippen molar-refractivity contribution in [2.75, 3.05) is 9.80 Å². The minimum absolute atomic E-state index is 0.00859. The first-order valence-electron chi connectivity index (χ1n) is 27.8. The molecule has 0 saturated heterocycles. The van der Waals surface area contributed by atoms with Crippen molar-refractivity contribution in [1.82, 2.24) is 0 Å². The maximum absolute atomic E-state index is 6.91. The third kappa shape index (κ3) is 7.59. The van der Waals surface area contributed by atoms with Crippen LogP contribution in [0.2, 0.25) is 0 Å². The van der Waals surface area contributed by atoms with Crippen LogP contribution in [0.25, 0.3) is 92.9 Å². The molecule has 0 N–H and O–H groups in total. The van der Waals surface area contributed by atoms with Crippen LogP contribution in [0, 0.1) is 0 Å². The smallest absolute Gasteiger partial charge is 0.159 e. The Morgan fingerprint density at radius 3 is 1.57 bits per heavy atom. The zero-order chi connectivity index (χ0) is 52.7. The van der Waals surface area contributed by atoms with E-state index < -0.39 is 0 Å². The topological polar surface area (TPSA) is 32.8 Å². The standard InChI is InChI=1S/C76H52N2O2/c1-5-19-49(20-6-1)53-39-41-67(65(47-53)51-23-9-3-10-24-51)77(69-31-17-29-63-61-27-13-15-33-71(61)79-75(63)69)59-43-55-35-37-57-45-60(46-58-38-36-56(44-59)73(55)74(57)58)78(70-32-18-30-64-62-28-14-16-34-72(62)80-76(64)70)68-42-40-54(50-21-7-2-8-22-50)48-66(68)52-25-11-4-12-26-52/h1-25,27-48,52,65,67H,26H2. The summed E-state index contributed by atoms with van der Waals surface area (Å²) in [7, 11) is 0. The molecule has 3 unspecified atom stereocenters. The quantitative estimate of drug-likeness (QED) is 0.128. The largest absolute Gasteiger partial charge is 0.454 e. The molecule has 14 aromatic rings. The molecular weight excluding hydrogens is 973 g/mol. The van der Waals surface area contributed by atoms with Crippen molar-refractivity contribution in [1.29, 1.82) is 0 Å². The molecule has 4 heteroatoms. The summed E-state index contributed by atoms with van der Waals surface area (Å²) < 4.78 is 13.8. The summed E-state index contributed by atoms with van der Waals surface area (Å²) in [4.78, 5) is 5.00. The van der Waals surface area contributed by atoms with E-state index in [1.807, 2.05) is 0 Å². The molecule has 3 atom stereocenters. The number of fused-ring (bicyclic) bond motifs is 6. The highest BCUT2D eigenvalue weighted by Crippen LogP contribution is 2.50. The lowest BCUT2D eigenvalue weighted by atomic mass is 9.82. The zero-order valence-corrected chi connectivity index (χ0v) is 43.8. The van der Waals surface area contributed by atoms with Crippen LogP contribution in [-0.4, -0.2) is 6.04 Å². The number of nitrogens with zero attached hydrogens (tertiary/aromatic N) is 2. The summed E-state index contributed by atoms with van der Waals surface area (Å²) in [5, 5.41) is 11.6. The Balaban J connectivity index is 0.894. The van der Waals surface area contributed by atoms with E-state index in [0.717, 1.165) is 78.7 Å². The first-order valence-corrected chi connectivity index (χ1v) is 27.8. The van der Waals surface area contributed by atoms with Crippen molar-refractivity contribution in [3.05, 3.63) is 302 Å². The van der Waals surface area contributed by atoms with Crippen molar-refractivity contribution in [2.24, 2.45) is 0 Å². The van der Waals surface area contributed by atoms with Crippen molar-refractivity contribution in [3.8, 4) is 11.1 Å². The summed E-state index contributed by atoms with van der Waals surface area (Å²) in [6, 6.07) is 88.3. The Morgan fingerprint density at radius 2 is 0.950 bits per heavy atom. The summed E-state index contributed by atoms with van der Waals surface area (Å²) in [5.41, 5.74) is 16.1. The van der Waals surface area contributed by atoms with Gasteiger partial charge in [0.25, 0.3) is 0 Å². The molecule has 2 aliphatic rings. The van der Waals surface area contributed by atoms with E-state index in [1.54, 1.807) is 0 Å². The molecule has 2 aromatic heterocycles. The highest BCUT2D eigenvalue weighted by Gasteiger charge is 2.33. The lowest BCUT2D eigenvalue weighted by molar-refractivity contribution is 0.655. The molecule has 16 rings (SSSR count). The summed E-state index contributed by atoms with van der Waals surface area (Å²) in [6.45, 7) is 0. The van der Waals surface area contributed by atoms with Gasteiger partial charge in [0, 0.05) is 44.8 Å². The van der Waals surface area contributed by atoms with E-state index in [0.29, 0.717) is 0 Å². The third-order valence-corrected chi connectivity index (χ3v) is 16.9. The van der Waals surface area contributed by atoms with E-state index in [2.05, 4.69) is 295 Å². The predicted molar refractivity (Wildman–Crippen MR) is 336 cm³/mol. The molecule has 2 aliphatic carbocycles. The predicted octanol–water partition coefficient (Wildman–Crippen LogP) is 21.1. The average Bonchev–Trinajstić information content (AvgIpc) is 4.20. The van der Waals surface area contributed by atoms with Gasteiger partial charge in [-0.15, -0.1) is 0 Å². The Hall–Kier alpha value is -10.2. The van der Waals surface area contributed by atoms with Crippen LogP contribution in [-0.2, 0) is 0 Å². The molecule has 378 valence electrons. The molecule has 4 nitrogen and oxygen atoms in total. The molecular formula is C76H52N2O2. The molecule has 2 heterocycles. The monoisotopic (exact) mass is 1020 g/mol. The van der Waals surface area contributed by atoms with E-state index in [-0.39, 0.29) is 17.9 Å². The molecule has 0 fully saturated rings. The minimum atomic E-state index is -0.103. The maximum atomic E-state index is 6.91. The van der Waals surface area contributed by atoms with Gasteiger partial charge in [0.15, 0.2) is 11.2 Å². The molecule has 0 amide bonds. The molecule has 0 aliphatic heterocycles. The average molecular weight is 1030 g/mol. The van der Waals surface area contributed by atoms with Gasteiger partial charge in [-0.25, -0.2) is 0 Å². The van der Waals surface area contributed by atoms with Crippen molar-refractivity contribution < 1.29 is 8.83 Å². The summed E-state index contributed by atoms with van der Waals surface area (Å²) >= 11 is 0. The van der Waals surface area contributed by atoms with E-state index in [1.165, 1.54) is 65.7 Å². The normalized spacial score (nSPS) is 16.2.